The fourth-order valence-corrected chi connectivity index (χ4v) is 2.24. The molecule has 114 valence electrons. The molecule has 4 heteroatoms. The second-order valence-corrected chi connectivity index (χ2v) is 5.90. The number of hydrogen-bond donors (Lipinski definition) is 1. The van der Waals surface area contributed by atoms with E-state index in [1.807, 2.05) is 18.7 Å². The van der Waals surface area contributed by atoms with Gasteiger partial charge in [0.1, 0.15) is 5.75 Å². The summed E-state index contributed by atoms with van der Waals surface area (Å²) in [5.74, 6) is 1.71. The molecule has 0 bridgehead atoms. The molecule has 0 saturated heterocycles. The fourth-order valence-electron chi connectivity index (χ4n) is 2.24. The zero-order valence-corrected chi connectivity index (χ0v) is 13.8. The van der Waals surface area contributed by atoms with E-state index in [0.717, 1.165) is 35.0 Å². The van der Waals surface area contributed by atoms with Gasteiger partial charge in [0.2, 0.25) is 5.88 Å². The van der Waals surface area contributed by atoms with Crippen molar-refractivity contribution in [1.82, 2.24) is 15.1 Å². The molecular weight excluding hydrogens is 262 g/mol. The monoisotopic (exact) mass is 287 g/mol. The molecule has 0 fully saturated rings. The smallest absolute Gasteiger partial charge is 0.222 e. The summed E-state index contributed by atoms with van der Waals surface area (Å²) in [6.07, 6.45) is 0. The van der Waals surface area contributed by atoms with Crippen molar-refractivity contribution in [3.8, 4) is 11.6 Å². The third-order valence-corrected chi connectivity index (χ3v) is 3.53. The Hall–Kier alpha value is -1.81. The predicted octanol–water partition coefficient (Wildman–Crippen LogP) is 3.64. The zero-order valence-electron chi connectivity index (χ0n) is 13.8. The highest BCUT2D eigenvalue weighted by atomic mass is 16.5. The maximum absolute atomic E-state index is 6.17. The Kier molecular flexibility index (Phi) is 4.68. The molecular formula is C17H25N3O. The summed E-state index contributed by atoms with van der Waals surface area (Å²) in [7, 11) is 1.92. The van der Waals surface area contributed by atoms with Crippen molar-refractivity contribution in [2.75, 3.05) is 0 Å². The standard InChI is InChI=1S/C17H25N3O/c1-11(2)18-10-15-14(5)19-20(6)17(15)21-16-9-12(3)7-8-13(16)4/h7-9,11,18H,10H2,1-6H3. The molecule has 21 heavy (non-hydrogen) atoms. The van der Waals surface area contributed by atoms with Gasteiger partial charge in [0.05, 0.1) is 11.3 Å². The molecule has 0 amide bonds. The van der Waals surface area contributed by atoms with E-state index >= 15 is 0 Å². The lowest BCUT2D eigenvalue weighted by Crippen LogP contribution is -2.22. The molecule has 0 aliphatic rings. The molecule has 0 radical (unpaired) electrons. The van der Waals surface area contributed by atoms with Gasteiger partial charge in [-0.05, 0) is 38.0 Å². The Balaban J connectivity index is 2.32. The number of rotatable bonds is 5. The Morgan fingerprint density at radius 2 is 1.95 bits per heavy atom. The number of hydrogen-bond acceptors (Lipinski definition) is 3. The molecule has 2 rings (SSSR count). The van der Waals surface area contributed by atoms with E-state index in [1.165, 1.54) is 5.56 Å². The van der Waals surface area contributed by atoms with Gasteiger partial charge >= 0.3 is 0 Å². The van der Waals surface area contributed by atoms with Crippen LogP contribution >= 0.6 is 0 Å². The lowest BCUT2D eigenvalue weighted by molar-refractivity contribution is 0.419. The number of aryl methyl sites for hydroxylation is 4. The van der Waals surface area contributed by atoms with E-state index in [1.54, 1.807) is 0 Å². The van der Waals surface area contributed by atoms with Crippen LogP contribution in [0.3, 0.4) is 0 Å². The van der Waals surface area contributed by atoms with Gasteiger partial charge in [-0.15, -0.1) is 0 Å². The zero-order chi connectivity index (χ0) is 15.6. The molecule has 0 spiro atoms. The average molecular weight is 287 g/mol. The molecule has 4 nitrogen and oxygen atoms in total. The van der Waals surface area contributed by atoms with E-state index in [2.05, 4.69) is 56.3 Å². The molecule has 1 aromatic carbocycles. The predicted molar refractivity (Wildman–Crippen MR) is 85.9 cm³/mol. The fraction of sp³-hybridized carbons (Fsp3) is 0.471. The molecule has 1 aromatic heterocycles. The minimum absolute atomic E-state index is 0.429. The second-order valence-electron chi connectivity index (χ2n) is 5.90. The van der Waals surface area contributed by atoms with E-state index in [9.17, 15) is 0 Å². The average Bonchev–Trinajstić information content (AvgIpc) is 2.66. The second kappa shape index (κ2) is 6.31. The third kappa shape index (κ3) is 3.64. The van der Waals surface area contributed by atoms with Crippen molar-refractivity contribution >= 4 is 0 Å². The summed E-state index contributed by atoms with van der Waals surface area (Å²) < 4.78 is 7.98. The largest absolute Gasteiger partial charge is 0.439 e. The highest BCUT2D eigenvalue weighted by molar-refractivity contribution is 5.41. The van der Waals surface area contributed by atoms with Gasteiger partial charge in [0.15, 0.2) is 0 Å². The maximum Gasteiger partial charge on any atom is 0.222 e. The van der Waals surface area contributed by atoms with E-state index in [-0.39, 0.29) is 0 Å². The normalized spacial score (nSPS) is 11.2. The number of nitrogens with one attached hydrogen (secondary N) is 1. The van der Waals surface area contributed by atoms with Crippen LogP contribution in [-0.4, -0.2) is 15.8 Å². The van der Waals surface area contributed by atoms with Crippen LogP contribution in [0.2, 0.25) is 0 Å². The van der Waals surface area contributed by atoms with Crippen molar-refractivity contribution in [3.05, 3.63) is 40.6 Å². The molecule has 2 aromatic rings. The summed E-state index contributed by atoms with van der Waals surface area (Å²) in [5.41, 5.74) is 4.44. The summed E-state index contributed by atoms with van der Waals surface area (Å²) in [4.78, 5) is 0. The molecule has 1 heterocycles. The molecule has 1 N–H and O–H groups in total. The van der Waals surface area contributed by atoms with Crippen LogP contribution in [0.1, 0.15) is 36.2 Å². The van der Waals surface area contributed by atoms with Crippen LogP contribution in [0.15, 0.2) is 18.2 Å². The number of benzene rings is 1. The van der Waals surface area contributed by atoms with Gasteiger partial charge < -0.3 is 10.1 Å². The summed E-state index contributed by atoms with van der Waals surface area (Å²) in [5, 5.41) is 7.92. The summed E-state index contributed by atoms with van der Waals surface area (Å²) in [6.45, 7) is 11.2. The molecule has 0 saturated carbocycles. The van der Waals surface area contributed by atoms with Crippen LogP contribution in [0.25, 0.3) is 0 Å². The minimum Gasteiger partial charge on any atom is -0.439 e. The molecule has 0 aliphatic carbocycles. The SMILES string of the molecule is Cc1ccc(C)c(Oc2c(CNC(C)C)c(C)nn2C)c1. The van der Waals surface area contributed by atoms with Gasteiger partial charge in [0, 0.05) is 19.6 Å². The first kappa shape index (κ1) is 15.6. The van der Waals surface area contributed by atoms with Crippen molar-refractivity contribution in [1.29, 1.82) is 0 Å². The van der Waals surface area contributed by atoms with E-state index in [0.29, 0.717) is 6.04 Å². The van der Waals surface area contributed by atoms with Gasteiger partial charge in [-0.25, -0.2) is 4.68 Å². The first-order valence-electron chi connectivity index (χ1n) is 7.39. The molecule has 0 aliphatic heterocycles. The van der Waals surface area contributed by atoms with Crippen molar-refractivity contribution in [2.45, 2.75) is 47.2 Å². The Morgan fingerprint density at radius 1 is 1.24 bits per heavy atom. The molecule has 0 atom stereocenters. The minimum atomic E-state index is 0.429. The van der Waals surface area contributed by atoms with Gasteiger partial charge in [0.25, 0.3) is 0 Å². The lowest BCUT2D eigenvalue weighted by Gasteiger charge is -2.13. The third-order valence-electron chi connectivity index (χ3n) is 3.53. The van der Waals surface area contributed by atoms with Crippen LogP contribution < -0.4 is 10.1 Å². The van der Waals surface area contributed by atoms with Gasteiger partial charge in [-0.1, -0.05) is 26.0 Å². The van der Waals surface area contributed by atoms with E-state index in [4.69, 9.17) is 4.74 Å². The first-order valence-corrected chi connectivity index (χ1v) is 7.39. The highest BCUT2D eigenvalue weighted by Crippen LogP contribution is 2.30. The highest BCUT2D eigenvalue weighted by Gasteiger charge is 2.16. The van der Waals surface area contributed by atoms with Crippen molar-refractivity contribution in [2.24, 2.45) is 7.05 Å². The van der Waals surface area contributed by atoms with Gasteiger partial charge in [-0.2, -0.15) is 5.10 Å². The Bertz CT molecular complexity index is 629. The Morgan fingerprint density at radius 3 is 2.62 bits per heavy atom. The summed E-state index contributed by atoms with van der Waals surface area (Å²) in [6, 6.07) is 6.67. The quantitative estimate of drug-likeness (QED) is 0.912. The van der Waals surface area contributed by atoms with E-state index < -0.39 is 0 Å². The maximum atomic E-state index is 6.17. The van der Waals surface area contributed by atoms with Crippen LogP contribution in [0.4, 0.5) is 0 Å². The lowest BCUT2D eigenvalue weighted by atomic mass is 10.1. The van der Waals surface area contributed by atoms with Crippen LogP contribution in [-0.2, 0) is 13.6 Å². The number of ether oxygens (including phenoxy) is 1. The van der Waals surface area contributed by atoms with Crippen molar-refractivity contribution in [3.63, 3.8) is 0 Å². The topological polar surface area (TPSA) is 39.1 Å². The van der Waals surface area contributed by atoms with Gasteiger partial charge in [-0.3, -0.25) is 0 Å². The van der Waals surface area contributed by atoms with Crippen molar-refractivity contribution < 1.29 is 4.74 Å². The summed E-state index contributed by atoms with van der Waals surface area (Å²) >= 11 is 0. The van der Waals surface area contributed by atoms with Crippen LogP contribution in [0, 0.1) is 20.8 Å². The Labute approximate surface area is 127 Å². The number of aromatic nitrogens is 2. The number of nitrogens with zero attached hydrogens (tertiary/aromatic N) is 2. The first-order chi connectivity index (χ1) is 9.88. The molecule has 0 unspecified atom stereocenters. The van der Waals surface area contributed by atoms with Crippen LogP contribution in [0.5, 0.6) is 11.6 Å².